The number of amides is 3. The zero-order chi connectivity index (χ0) is 21.3. The van der Waals surface area contributed by atoms with E-state index in [9.17, 15) is 14.4 Å². The molecule has 1 aliphatic heterocycles. The highest BCUT2D eigenvalue weighted by Crippen LogP contribution is 2.35. The van der Waals surface area contributed by atoms with Gasteiger partial charge in [0.05, 0.1) is 12.6 Å². The van der Waals surface area contributed by atoms with Gasteiger partial charge in [0.2, 0.25) is 17.7 Å². The molecule has 0 unspecified atom stereocenters. The minimum Gasteiger partial charge on any atom is -0.326 e. The molecule has 0 radical (unpaired) electrons. The number of carbonyl (C=O) groups is 3. The molecule has 3 amide bonds. The van der Waals surface area contributed by atoms with Gasteiger partial charge in [0.1, 0.15) is 11.9 Å². The second-order valence-corrected chi connectivity index (χ2v) is 7.31. The van der Waals surface area contributed by atoms with Gasteiger partial charge in [0.15, 0.2) is 0 Å². The Morgan fingerprint density at radius 2 is 1.83 bits per heavy atom. The molecule has 0 spiro atoms. The maximum Gasteiger partial charge on any atom is 0.249 e. The first-order valence-corrected chi connectivity index (χ1v) is 9.60. The second kappa shape index (κ2) is 8.00. The van der Waals surface area contributed by atoms with Crippen molar-refractivity contribution in [2.24, 2.45) is 0 Å². The van der Waals surface area contributed by atoms with Crippen LogP contribution in [0.4, 0.5) is 17.2 Å². The third-order valence-electron chi connectivity index (χ3n) is 4.64. The van der Waals surface area contributed by atoms with E-state index in [0.29, 0.717) is 27.8 Å². The van der Waals surface area contributed by atoms with Gasteiger partial charge in [-0.15, -0.1) is 0 Å². The Kier molecular flexibility index (Phi) is 5.24. The van der Waals surface area contributed by atoms with Crippen molar-refractivity contribution < 1.29 is 14.4 Å². The SMILES string of the molecule is CC(=O)Nc1cccc(NC(=O)[C@H]2CC(=O)Nc3c(-c4ccc(Cl)cc4)cnn32)c1. The Balaban J connectivity index is 1.60. The van der Waals surface area contributed by atoms with E-state index in [4.69, 9.17) is 11.6 Å². The predicted molar refractivity (Wildman–Crippen MR) is 114 cm³/mol. The van der Waals surface area contributed by atoms with Crippen LogP contribution in [-0.2, 0) is 14.4 Å². The Bertz CT molecular complexity index is 1140. The number of anilines is 3. The fourth-order valence-corrected chi connectivity index (χ4v) is 3.44. The number of halogens is 1. The summed E-state index contributed by atoms with van der Waals surface area (Å²) in [5.41, 5.74) is 2.59. The lowest BCUT2D eigenvalue weighted by atomic mass is 10.1. The Morgan fingerprint density at radius 3 is 2.53 bits per heavy atom. The number of benzene rings is 2. The van der Waals surface area contributed by atoms with Crippen LogP contribution < -0.4 is 16.0 Å². The molecule has 1 atom stereocenters. The predicted octanol–water partition coefficient (Wildman–Crippen LogP) is 3.68. The third-order valence-corrected chi connectivity index (χ3v) is 4.89. The van der Waals surface area contributed by atoms with Crippen molar-refractivity contribution in [3.05, 3.63) is 59.8 Å². The topological polar surface area (TPSA) is 105 Å². The number of rotatable bonds is 4. The van der Waals surface area contributed by atoms with Crippen LogP contribution in [0.25, 0.3) is 11.1 Å². The maximum absolute atomic E-state index is 12.9. The van der Waals surface area contributed by atoms with Gasteiger partial charge in [-0.25, -0.2) is 4.68 Å². The van der Waals surface area contributed by atoms with Gasteiger partial charge < -0.3 is 16.0 Å². The van der Waals surface area contributed by atoms with Crippen molar-refractivity contribution in [3.8, 4) is 11.1 Å². The number of aromatic nitrogens is 2. The van der Waals surface area contributed by atoms with E-state index in [1.165, 1.54) is 11.6 Å². The summed E-state index contributed by atoms with van der Waals surface area (Å²) in [5.74, 6) is -0.402. The standard InChI is InChI=1S/C21H18ClN5O3/c1-12(28)24-15-3-2-4-16(9-15)25-21(30)18-10-19(29)26-20-17(11-23-27(18)20)13-5-7-14(22)8-6-13/h2-9,11,18H,10H2,1H3,(H,24,28)(H,25,30)(H,26,29)/t18-/m1/s1. The molecule has 8 nitrogen and oxygen atoms in total. The largest absolute Gasteiger partial charge is 0.326 e. The van der Waals surface area contributed by atoms with Crippen LogP contribution in [0.15, 0.2) is 54.7 Å². The van der Waals surface area contributed by atoms with Gasteiger partial charge in [0.25, 0.3) is 0 Å². The molecule has 4 rings (SSSR count). The fraction of sp³-hybridized carbons (Fsp3) is 0.143. The molecular weight excluding hydrogens is 406 g/mol. The van der Waals surface area contributed by atoms with Gasteiger partial charge >= 0.3 is 0 Å². The summed E-state index contributed by atoms with van der Waals surface area (Å²) in [5, 5.41) is 13.2. The van der Waals surface area contributed by atoms with Crippen LogP contribution >= 0.6 is 11.6 Å². The molecule has 0 aliphatic carbocycles. The highest BCUT2D eigenvalue weighted by Gasteiger charge is 2.33. The maximum atomic E-state index is 12.9. The van der Waals surface area contributed by atoms with Crippen molar-refractivity contribution in [1.82, 2.24) is 9.78 Å². The number of hydrogen-bond donors (Lipinski definition) is 3. The molecule has 9 heteroatoms. The van der Waals surface area contributed by atoms with Gasteiger partial charge in [-0.3, -0.25) is 14.4 Å². The molecule has 1 aliphatic rings. The molecule has 1 aromatic heterocycles. The van der Waals surface area contributed by atoms with E-state index in [-0.39, 0.29) is 24.1 Å². The fourth-order valence-electron chi connectivity index (χ4n) is 3.32. The third kappa shape index (κ3) is 4.04. The quantitative estimate of drug-likeness (QED) is 0.595. The van der Waals surface area contributed by atoms with Crippen LogP contribution in [-0.4, -0.2) is 27.5 Å². The molecule has 0 saturated heterocycles. The van der Waals surface area contributed by atoms with E-state index in [1.54, 1.807) is 42.6 Å². The molecular formula is C21H18ClN5O3. The lowest BCUT2D eigenvalue weighted by Gasteiger charge is -2.24. The molecule has 0 fully saturated rings. The van der Waals surface area contributed by atoms with Crippen LogP contribution in [0.3, 0.4) is 0 Å². The summed E-state index contributed by atoms with van der Waals surface area (Å²) < 4.78 is 1.51. The highest BCUT2D eigenvalue weighted by molar-refractivity contribution is 6.30. The zero-order valence-electron chi connectivity index (χ0n) is 16.0. The first-order chi connectivity index (χ1) is 14.4. The summed E-state index contributed by atoms with van der Waals surface area (Å²) in [6.07, 6.45) is 1.58. The summed E-state index contributed by atoms with van der Waals surface area (Å²) in [4.78, 5) is 36.5. The summed E-state index contributed by atoms with van der Waals surface area (Å²) in [6.45, 7) is 1.41. The lowest BCUT2D eigenvalue weighted by molar-refractivity contribution is -0.125. The van der Waals surface area contributed by atoms with E-state index < -0.39 is 6.04 Å². The minimum absolute atomic E-state index is 0.0358. The molecule has 3 N–H and O–H groups in total. The smallest absolute Gasteiger partial charge is 0.249 e. The molecule has 2 heterocycles. The normalized spacial score (nSPS) is 15.1. The first kappa shape index (κ1) is 19.7. The summed E-state index contributed by atoms with van der Waals surface area (Å²) >= 11 is 5.95. The number of fused-ring (bicyclic) bond motifs is 1. The average Bonchev–Trinajstić information content (AvgIpc) is 3.11. The van der Waals surface area contributed by atoms with Crippen LogP contribution in [0.2, 0.25) is 5.02 Å². The number of carbonyl (C=O) groups excluding carboxylic acids is 3. The molecule has 2 aromatic carbocycles. The van der Waals surface area contributed by atoms with E-state index in [1.807, 2.05) is 12.1 Å². The van der Waals surface area contributed by atoms with Gasteiger partial charge in [-0.05, 0) is 35.9 Å². The average molecular weight is 424 g/mol. The molecule has 30 heavy (non-hydrogen) atoms. The van der Waals surface area contributed by atoms with Gasteiger partial charge in [-0.2, -0.15) is 5.10 Å². The monoisotopic (exact) mass is 423 g/mol. The Labute approximate surface area is 177 Å². The van der Waals surface area contributed by atoms with Crippen LogP contribution in [0.5, 0.6) is 0 Å². The summed E-state index contributed by atoms with van der Waals surface area (Å²) in [7, 11) is 0. The Hall–Kier alpha value is -3.65. The van der Waals surface area contributed by atoms with E-state index >= 15 is 0 Å². The minimum atomic E-state index is -0.806. The number of nitrogens with zero attached hydrogens (tertiary/aromatic N) is 2. The summed E-state index contributed by atoms with van der Waals surface area (Å²) in [6, 6.07) is 13.1. The zero-order valence-corrected chi connectivity index (χ0v) is 16.7. The lowest BCUT2D eigenvalue weighted by Crippen LogP contribution is -2.35. The van der Waals surface area contributed by atoms with Crippen molar-refractivity contribution in [2.75, 3.05) is 16.0 Å². The first-order valence-electron chi connectivity index (χ1n) is 9.22. The van der Waals surface area contributed by atoms with E-state index in [0.717, 1.165) is 5.56 Å². The van der Waals surface area contributed by atoms with Gasteiger partial charge in [-0.1, -0.05) is 29.8 Å². The number of hydrogen-bond acceptors (Lipinski definition) is 4. The van der Waals surface area contributed by atoms with Crippen molar-refractivity contribution in [1.29, 1.82) is 0 Å². The molecule has 0 saturated carbocycles. The second-order valence-electron chi connectivity index (χ2n) is 6.88. The highest BCUT2D eigenvalue weighted by atomic mass is 35.5. The number of nitrogens with one attached hydrogen (secondary N) is 3. The Morgan fingerprint density at radius 1 is 1.13 bits per heavy atom. The van der Waals surface area contributed by atoms with Gasteiger partial charge in [0, 0.05) is 28.9 Å². The molecule has 3 aromatic rings. The van der Waals surface area contributed by atoms with E-state index in [2.05, 4.69) is 21.0 Å². The van der Waals surface area contributed by atoms with Crippen molar-refractivity contribution in [3.63, 3.8) is 0 Å². The molecule has 0 bridgehead atoms. The van der Waals surface area contributed by atoms with Crippen molar-refractivity contribution >= 4 is 46.5 Å². The van der Waals surface area contributed by atoms with Crippen molar-refractivity contribution in [2.45, 2.75) is 19.4 Å². The molecule has 152 valence electrons. The van der Waals surface area contributed by atoms with Crippen LogP contribution in [0.1, 0.15) is 19.4 Å². The van der Waals surface area contributed by atoms with Crippen LogP contribution in [0, 0.1) is 0 Å².